The van der Waals surface area contributed by atoms with Gasteiger partial charge >= 0.3 is 0 Å². The van der Waals surface area contributed by atoms with Crippen LogP contribution in [0.5, 0.6) is 0 Å². The summed E-state index contributed by atoms with van der Waals surface area (Å²) in [6.45, 7) is 1.91. The van der Waals surface area contributed by atoms with E-state index in [0.717, 1.165) is 27.7 Å². The lowest BCUT2D eigenvalue weighted by atomic mass is 10.0. The molecule has 0 saturated carbocycles. The minimum absolute atomic E-state index is 0.189. The standard InChI is InChI=1S/C22H16ClN3O/c1-14-19(23)8-7-17-18(22(27)25-16-5-3-2-4-6-16)13-20(26-21(14)17)15-9-11-24-12-10-15/h2-13H,1H3,(H,25,27). The molecule has 0 atom stereocenters. The van der Waals surface area contributed by atoms with Gasteiger partial charge in [-0.25, -0.2) is 4.98 Å². The number of halogens is 1. The van der Waals surface area contributed by atoms with E-state index in [1.54, 1.807) is 18.5 Å². The van der Waals surface area contributed by atoms with E-state index in [-0.39, 0.29) is 5.91 Å². The molecular weight excluding hydrogens is 358 g/mol. The highest BCUT2D eigenvalue weighted by Crippen LogP contribution is 2.30. The highest BCUT2D eigenvalue weighted by Gasteiger charge is 2.16. The average Bonchev–Trinajstić information content (AvgIpc) is 2.71. The predicted molar refractivity (Wildman–Crippen MR) is 109 cm³/mol. The first-order valence-electron chi connectivity index (χ1n) is 8.50. The number of aromatic nitrogens is 2. The number of benzene rings is 2. The Balaban J connectivity index is 1.90. The molecule has 2 aromatic heterocycles. The second-order valence-electron chi connectivity index (χ2n) is 6.18. The van der Waals surface area contributed by atoms with Crippen molar-refractivity contribution >= 4 is 34.1 Å². The Kier molecular flexibility index (Phi) is 4.57. The van der Waals surface area contributed by atoms with Crippen LogP contribution < -0.4 is 5.32 Å². The Morgan fingerprint density at radius 1 is 1.00 bits per heavy atom. The van der Waals surface area contributed by atoms with E-state index in [2.05, 4.69) is 10.3 Å². The summed E-state index contributed by atoms with van der Waals surface area (Å²) in [6.07, 6.45) is 3.41. The number of hydrogen-bond donors (Lipinski definition) is 1. The molecule has 0 aliphatic heterocycles. The van der Waals surface area contributed by atoms with Crippen molar-refractivity contribution in [3.05, 3.63) is 89.2 Å². The van der Waals surface area contributed by atoms with Gasteiger partial charge in [-0.05, 0) is 48.9 Å². The minimum atomic E-state index is -0.189. The summed E-state index contributed by atoms with van der Waals surface area (Å²) >= 11 is 6.30. The van der Waals surface area contributed by atoms with Crippen LogP contribution in [0.4, 0.5) is 5.69 Å². The molecule has 1 amide bonds. The average molecular weight is 374 g/mol. The first kappa shape index (κ1) is 17.2. The van der Waals surface area contributed by atoms with E-state index in [4.69, 9.17) is 16.6 Å². The molecule has 4 rings (SSSR count). The van der Waals surface area contributed by atoms with Crippen molar-refractivity contribution in [1.82, 2.24) is 9.97 Å². The number of carbonyl (C=O) groups is 1. The maximum atomic E-state index is 13.0. The maximum absolute atomic E-state index is 13.0. The van der Waals surface area contributed by atoms with Gasteiger partial charge in [0.1, 0.15) is 0 Å². The van der Waals surface area contributed by atoms with Gasteiger partial charge in [0.15, 0.2) is 0 Å². The van der Waals surface area contributed by atoms with Gasteiger partial charge in [0.25, 0.3) is 5.91 Å². The van der Waals surface area contributed by atoms with Crippen LogP contribution in [0.1, 0.15) is 15.9 Å². The molecule has 0 radical (unpaired) electrons. The quantitative estimate of drug-likeness (QED) is 0.515. The molecule has 0 saturated heterocycles. The fourth-order valence-electron chi connectivity index (χ4n) is 2.98. The number of fused-ring (bicyclic) bond motifs is 1. The molecule has 2 aromatic carbocycles. The summed E-state index contributed by atoms with van der Waals surface area (Å²) in [5.74, 6) is -0.189. The van der Waals surface area contributed by atoms with Crippen molar-refractivity contribution in [3.63, 3.8) is 0 Å². The lowest BCUT2D eigenvalue weighted by Gasteiger charge is -2.13. The summed E-state index contributed by atoms with van der Waals surface area (Å²) in [5.41, 5.74) is 4.45. The summed E-state index contributed by atoms with van der Waals surface area (Å²) in [5, 5.41) is 4.34. The highest BCUT2D eigenvalue weighted by molar-refractivity contribution is 6.32. The van der Waals surface area contributed by atoms with Crippen molar-refractivity contribution in [1.29, 1.82) is 0 Å². The third kappa shape index (κ3) is 3.39. The zero-order chi connectivity index (χ0) is 18.8. The molecule has 4 aromatic rings. The van der Waals surface area contributed by atoms with Gasteiger partial charge in [0.2, 0.25) is 0 Å². The number of hydrogen-bond acceptors (Lipinski definition) is 3. The smallest absolute Gasteiger partial charge is 0.256 e. The zero-order valence-electron chi connectivity index (χ0n) is 14.6. The first-order chi connectivity index (χ1) is 13.1. The number of nitrogens with one attached hydrogen (secondary N) is 1. The van der Waals surface area contributed by atoms with Crippen LogP contribution in [-0.2, 0) is 0 Å². The second kappa shape index (κ2) is 7.17. The van der Waals surface area contributed by atoms with Crippen LogP contribution in [0.25, 0.3) is 22.2 Å². The molecule has 0 aliphatic rings. The topological polar surface area (TPSA) is 54.9 Å². The number of anilines is 1. The van der Waals surface area contributed by atoms with Crippen molar-refractivity contribution < 1.29 is 4.79 Å². The number of nitrogens with zero attached hydrogens (tertiary/aromatic N) is 2. The Labute approximate surface area is 161 Å². The number of para-hydroxylation sites is 1. The Morgan fingerprint density at radius 2 is 1.74 bits per heavy atom. The van der Waals surface area contributed by atoms with Gasteiger partial charge in [-0.2, -0.15) is 0 Å². The SMILES string of the molecule is Cc1c(Cl)ccc2c(C(=O)Nc3ccccc3)cc(-c3ccncc3)nc12. The number of carbonyl (C=O) groups excluding carboxylic acids is 1. The normalized spacial score (nSPS) is 10.7. The van der Waals surface area contributed by atoms with Crippen molar-refractivity contribution in [2.75, 3.05) is 5.32 Å². The van der Waals surface area contributed by atoms with E-state index < -0.39 is 0 Å². The largest absolute Gasteiger partial charge is 0.322 e. The Morgan fingerprint density at radius 3 is 2.48 bits per heavy atom. The lowest BCUT2D eigenvalue weighted by Crippen LogP contribution is -2.13. The molecule has 4 nitrogen and oxygen atoms in total. The van der Waals surface area contributed by atoms with Crippen LogP contribution in [0.15, 0.2) is 73.1 Å². The molecule has 5 heteroatoms. The van der Waals surface area contributed by atoms with Crippen LogP contribution in [0.3, 0.4) is 0 Å². The molecule has 132 valence electrons. The van der Waals surface area contributed by atoms with Crippen molar-refractivity contribution in [2.24, 2.45) is 0 Å². The molecule has 2 heterocycles. The fraction of sp³-hybridized carbons (Fsp3) is 0.0455. The van der Waals surface area contributed by atoms with Crippen molar-refractivity contribution in [3.8, 4) is 11.3 Å². The van der Waals surface area contributed by atoms with Crippen LogP contribution in [0, 0.1) is 6.92 Å². The van der Waals surface area contributed by atoms with Crippen molar-refractivity contribution in [2.45, 2.75) is 6.92 Å². The molecular formula is C22H16ClN3O. The number of amides is 1. The van der Waals surface area contributed by atoms with Gasteiger partial charge in [0, 0.05) is 34.1 Å². The van der Waals surface area contributed by atoms with Gasteiger partial charge in [0.05, 0.1) is 16.8 Å². The zero-order valence-corrected chi connectivity index (χ0v) is 15.4. The van der Waals surface area contributed by atoms with E-state index >= 15 is 0 Å². The summed E-state index contributed by atoms with van der Waals surface area (Å²) in [4.78, 5) is 21.8. The number of aryl methyl sites for hydroxylation is 1. The lowest BCUT2D eigenvalue weighted by molar-refractivity contribution is 0.102. The van der Waals surface area contributed by atoms with E-state index in [0.29, 0.717) is 16.3 Å². The molecule has 0 spiro atoms. The number of rotatable bonds is 3. The molecule has 0 aliphatic carbocycles. The fourth-order valence-corrected chi connectivity index (χ4v) is 3.13. The Bertz CT molecular complexity index is 1130. The van der Waals surface area contributed by atoms with E-state index in [1.807, 2.05) is 61.5 Å². The number of pyridine rings is 2. The summed E-state index contributed by atoms with van der Waals surface area (Å²) in [6, 6.07) is 18.6. The Hall–Kier alpha value is -3.24. The third-order valence-electron chi connectivity index (χ3n) is 4.42. The van der Waals surface area contributed by atoms with Crippen LogP contribution in [-0.4, -0.2) is 15.9 Å². The van der Waals surface area contributed by atoms with Gasteiger partial charge in [-0.15, -0.1) is 0 Å². The van der Waals surface area contributed by atoms with Gasteiger partial charge in [-0.1, -0.05) is 35.9 Å². The molecule has 0 fully saturated rings. The first-order valence-corrected chi connectivity index (χ1v) is 8.88. The van der Waals surface area contributed by atoms with Gasteiger partial charge < -0.3 is 5.32 Å². The summed E-state index contributed by atoms with van der Waals surface area (Å²) in [7, 11) is 0. The summed E-state index contributed by atoms with van der Waals surface area (Å²) < 4.78 is 0. The molecule has 0 bridgehead atoms. The van der Waals surface area contributed by atoms with Crippen LogP contribution in [0.2, 0.25) is 5.02 Å². The van der Waals surface area contributed by atoms with E-state index in [9.17, 15) is 4.79 Å². The molecule has 27 heavy (non-hydrogen) atoms. The van der Waals surface area contributed by atoms with Crippen LogP contribution >= 0.6 is 11.6 Å². The monoisotopic (exact) mass is 373 g/mol. The van der Waals surface area contributed by atoms with E-state index in [1.165, 1.54) is 0 Å². The highest BCUT2D eigenvalue weighted by atomic mass is 35.5. The molecule has 0 unspecified atom stereocenters. The second-order valence-corrected chi connectivity index (χ2v) is 6.59. The molecule has 1 N–H and O–H groups in total. The predicted octanol–water partition coefficient (Wildman–Crippen LogP) is 5.51. The maximum Gasteiger partial charge on any atom is 0.256 e. The van der Waals surface area contributed by atoms with Gasteiger partial charge in [-0.3, -0.25) is 9.78 Å². The third-order valence-corrected chi connectivity index (χ3v) is 4.83. The minimum Gasteiger partial charge on any atom is -0.322 e.